The van der Waals surface area contributed by atoms with Gasteiger partial charge in [-0.05, 0) is 31.5 Å². The molecule has 0 saturated carbocycles. The van der Waals surface area contributed by atoms with E-state index < -0.39 is 6.10 Å². The van der Waals surface area contributed by atoms with E-state index in [0.29, 0.717) is 5.13 Å². The van der Waals surface area contributed by atoms with Crippen molar-refractivity contribution in [2.24, 2.45) is 0 Å². The number of hydrogen-bond donors (Lipinski definition) is 1. The van der Waals surface area contributed by atoms with E-state index in [4.69, 9.17) is 4.74 Å². The number of thiazole rings is 1. The van der Waals surface area contributed by atoms with Crippen LogP contribution in [0.25, 0.3) is 0 Å². The van der Waals surface area contributed by atoms with Gasteiger partial charge in [0.25, 0.3) is 5.91 Å². The van der Waals surface area contributed by atoms with Crippen molar-refractivity contribution in [3.05, 3.63) is 47.0 Å². The van der Waals surface area contributed by atoms with Crippen molar-refractivity contribution in [2.45, 2.75) is 31.9 Å². The number of rotatable bonds is 6. The van der Waals surface area contributed by atoms with Gasteiger partial charge in [0.1, 0.15) is 0 Å². The lowest BCUT2D eigenvalue weighted by molar-refractivity contribution is -0.126. The number of methoxy groups -OCH3 is 1. The molecule has 1 aliphatic rings. The Hall–Kier alpha value is -1.76. The molecule has 3 rings (SSSR count). The molecule has 24 heavy (non-hydrogen) atoms. The number of benzene rings is 1. The average Bonchev–Trinajstić information content (AvgIpc) is 3.04. The molecule has 1 aliphatic heterocycles. The minimum absolute atomic E-state index is 0.192. The van der Waals surface area contributed by atoms with Crippen molar-refractivity contribution in [3.8, 4) is 0 Å². The van der Waals surface area contributed by atoms with Crippen molar-refractivity contribution in [2.75, 3.05) is 25.5 Å². The number of carbonyl (C=O) groups is 1. The summed E-state index contributed by atoms with van der Waals surface area (Å²) in [6.07, 6.45) is 3.23. The number of nitrogens with zero attached hydrogens (tertiary/aromatic N) is 2. The second-order valence-electron chi connectivity index (χ2n) is 6.00. The number of anilines is 1. The van der Waals surface area contributed by atoms with E-state index in [1.807, 2.05) is 35.7 Å². The van der Waals surface area contributed by atoms with Gasteiger partial charge in [0.05, 0.1) is 5.69 Å². The smallest absolute Gasteiger partial charge is 0.259 e. The van der Waals surface area contributed by atoms with Crippen LogP contribution in [-0.2, 0) is 16.1 Å². The van der Waals surface area contributed by atoms with Crippen molar-refractivity contribution >= 4 is 22.4 Å². The number of nitrogens with one attached hydrogen (secondary N) is 1. The van der Waals surface area contributed by atoms with Crippen LogP contribution in [0.4, 0.5) is 5.13 Å². The predicted octanol–water partition coefficient (Wildman–Crippen LogP) is 3.46. The monoisotopic (exact) mass is 345 g/mol. The molecular formula is C18H23N3O2S. The van der Waals surface area contributed by atoms with E-state index in [1.165, 1.54) is 30.6 Å². The molecular weight excluding hydrogens is 322 g/mol. The highest BCUT2D eigenvalue weighted by atomic mass is 32.1. The molecule has 1 aromatic heterocycles. The van der Waals surface area contributed by atoms with Crippen LogP contribution in [0.3, 0.4) is 0 Å². The molecule has 2 aromatic rings. The summed E-state index contributed by atoms with van der Waals surface area (Å²) in [5, 5.41) is 5.53. The van der Waals surface area contributed by atoms with E-state index in [1.54, 1.807) is 7.11 Å². The number of hydrogen-bond acceptors (Lipinski definition) is 5. The Morgan fingerprint density at radius 3 is 2.75 bits per heavy atom. The maximum absolute atomic E-state index is 12.5. The van der Waals surface area contributed by atoms with Crippen LogP contribution >= 0.6 is 11.3 Å². The molecule has 2 heterocycles. The highest BCUT2D eigenvalue weighted by Gasteiger charge is 2.21. The molecule has 128 valence electrons. The zero-order chi connectivity index (χ0) is 16.8. The summed E-state index contributed by atoms with van der Waals surface area (Å²) in [5.41, 5.74) is 1.86. The van der Waals surface area contributed by atoms with E-state index in [2.05, 4.69) is 15.2 Å². The van der Waals surface area contributed by atoms with Crippen molar-refractivity contribution in [1.29, 1.82) is 0 Å². The predicted molar refractivity (Wildman–Crippen MR) is 96.1 cm³/mol. The lowest BCUT2D eigenvalue weighted by Crippen LogP contribution is -2.29. The largest absolute Gasteiger partial charge is 0.367 e. The normalized spacial score (nSPS) is 16.7. The molecule has 0 bridgehead atoms. The molecule has 5 nitrogen and oxygen atoms in total. The molecule has 0 aliphatic carbocycles. The number of piperidine rings is 1. The molecule has 0 spiro atoms. The lowest BCUT2D eigenvalue weighted by Gasteiger charge is -2.25. The molecule has 0 radical (unpaired) electrons. The molecule has 1 aromatic carbocycles. The summed E-state index contributed by atoms with van der Waals surface area (Å²) in [6.45, 7) is 3.14. The number of likely N-dealkylation sites (tertiary alicyclic amines) is 1. The molecule has 1 atom stereocenters. The van der Waals surface area contributed by atoms with Gasteiger partial charge in [-0.1, -0.05) is 36.8 Å². The Morgan fingerprint density at radius 1 is 1.29 bits per heavy atom. The Kier molecular flexibility index (Phi) is 5.96. The third kappa shape index (κ3) is 4.41. The summed E-state index contributed by atoms with van der Waals surface area (Å²) in [6, 6.07) is 9.49. The minimum atomic E-state index is -0.624. The summed E-state index contributed by atoms with van der Waals surface area (Å²) in [5.74, 6) is -0.192. The summed E-state index contributed by atoms with van der Waals surface area (Å²) >= 11 is 1.46. The number of aromatic nitrogens is 1. The molecule has 6 heteroatoms. The third-order valence-electron chi connectivity index (χ3n) is 4.19. The second kappa shape index (κ2) is 8.37. The fraction of sp³-hybridized carbons (Fsp3) is 0.444. The van der Waals surface area contributed by atoms with Gasteiger partial charge in [0.15, 0.2) is 11.2 Å². The molecule has 1 saturated heterocycles. The molecule has 1 fully saturated rings. The first-order valence-corrected chi connectivity index (χ1v) is 9.19. The fourth-order valence-electron chi connectivity index (χ4n) is 2.98. The van der Waals surface area contributed by atoms with Crippen molar-refractivity contribution < 1.29 is 9.53 Å². The highest BCUT2D eigenvalue weighted by molar-refractivity contribution is 7.13. The Labute approximate surface area is 146 Å². The quantitative estimate of drug-likeness (QED) is 0.871. The summed E-state index contributed by atoms with van der Waals surface area (Å²) in [4.78, 5) is 19.4. The SMILES string of the molecule is COC(C(=O)Nc1nc(CN2CCCCC2)cs1)c1ccccc1. The Morgan fingerprint density at radius 2 is 2.04 bits per heavy atom. The zero-order valence-electron chi connectivity index (χ0n) is 13.9. The number of carbonyl (C=O) groups excluding carboxylic acids is 1. The molecule has 1 amide bonds. The van der Waals surface area contributed by atoms with Gasteiger partial charge in [0.2, 0.25) is 0 Å². The van der Waals surface area contributed by atoms with Crippen LogP contribution in [0.2, 0.25) is 0 Å². The van der Waals surface area contributed by atoms with Crippen molar-refractivity contribution in [1.82, 2.24) is 9.88 Å². The second-order valence-corrected chi connectivity index (χ2v) is 6.85. The van der Waals surface area contributed by atoms with Crippen LogP contribution < -0.4 is 5.32 Å². The summed E-state index contributed by atoms with van der Waals surface area (Å²) < 4.78 is 5.36. The number of amides is 1. The highest BCUT2D eigenvalue weighted by Crippen LogP contribution is 2.22. The zero-order valence-corrected chi connectivity index (χ0v) is 14.7. The van der Waals surface area contributed by atoms with Gasteiger partial charge in [-0.25, -0.2) is 4.98 Å². The number of ether oxygens (including phenoxy) is 1. The van der Waals surface area contributed by atoms with Crippen molar-refractivity contribution in [3.63, 3.8) is 0 Å². The third-order valence-corrected chi connectivity index (χ3v) is 5.00. The fourth-order valence-corrected chi connectivity index (χ4v) is 3.68. The first-order valence-electron chi connectivity index (χ1n) is 8.31. The van der Waals surface area contributed by atoms with Gasteiger partial charge in [0, 0.05) is 19.0 Å². The Balaban J connectivity index is 1.60. The maximum atomic E-state index is 12.5. The first-order chi connectivity index (χ1) is 11.8. The van der Waals surface area contributed by atoms with Gasteiger partial charge in [-0.2, -0.15) is 0 Å². The average molecular weight is 345 g/mol. The van der Waals surface area contributed by atoms with Crippen LogP contribution in [0.15, 0.2) is 35.7 Å². The van der Waals surface area contributed by atoms with Gasteiger partial charge in [-0.3, -0.25) is 15.0 Å². The van der Waals surface area contributed by atoms with E-state index in [0.717, 1.165) is 30.9 Å². The summed E-state index contributed by atoms with van der Waals surface area (Å²) in [7, 11) is 1.54. The minimum Gasteiger partial charge on any atom is -0.367 e. The first kappa shape index (κ1) is 17.1. The van der Waals surface area contributed by atoms with Crippen LogP contribution in [0.5, 0.6) is 0 Å². The van der Waals surface area contributed by atoms with E-state index in [9.17, 15) is 4.79 Å². The maximum Gasteiger partial charge on any atom is 0.259 e. The standard InChI is InChI=1S/C18H23N3O2S/c1-23-16(14-8-4-2-5-9-14)17(22)20-18-19-15(13-24-18)12-21-10-6-3-7-11-21/h2,4-5,8-9,13,16H,3,6-7,10-12H2,1H3,(H,19,20,22). The Bertz CT molecular complexity index is 653. The van der Waals surface area contributed by atoms with E-state index in [-0.39, 0.29) is 5.91 Å². The van der Waals surface area contributed by atoms with Gasteiger partial charge >= 0.3 is 0 Å². The molecule has 1 N–H and O–H groups in total. The van der Waals surface area contributed by atoms with Gasteiger partial charge < -0.3 is 4.74 Å². The molecule has 1 unspecified atom stereocenters. The van der Waals surface area contributed by atoms with E-state index >= 15 is 0 Å². The van der Waals surface area contributed by atoms with Crippen LogP contribution in [0, 0.1) is 0 Å². The lowest BCUT2D eigenvalue weighted by atomic mass is 10.1. The van der Waals surface area contributed by atoms with Crippen LogP contribution in [0.1, 0.15) is 36.6 Å². The van der Waals surface area contributed by atoms with Gasteiger partial charge in [-0.15, -0.1) is 11.3 Å². The van der Waals surface area contributed by atoms with Crippen LogP contribution in [-0.4, -0.2) is 36.0 Å². The topological polar surface area (TPSA) is 54.5 Å².